The van der Waals surface area contributed by atoms with Gasteiger partial charge in [0.05, 0.1) is 25.0 Å². The highest BCUT2D eigenvalue weighted by atomic mass is 16.3. The van der Waals surface area contributed by atoms with Gasteiger partial charge < -0.3 is 9.52 Å². The van der Waals surface area contributed by atoms with Gasteiger partial charge in [0.1, 0.15) is 5.76 Å². The van der Waals surface area contributed by atoms with Crippen molar-refractivity contribution >= 4 is 0 Å². The molecule has 3 rings (SSSR count). The van der Waals surface area contributed by atoms with Crippen LogP contribution in [-0.4, -0.2) is 23.2 Å². The molecule has 0 spiro atoms. The molecule has 1 aromatic heterocycles. The summed E-state index contributed by atoms with van der Waals surface area (Å²) in [5.74, 6) is 1.01. The van der Waals surface area contributed by atoms with Crippen LogP contribution >= 0.6 is 0 Å². The largest absolute Gasteiger partial charge is 0.468 e. The van der Waals surface area contributed by atoms with E-state index in [4.69, 9.17) is 4.42 Å². The van der Waals surface area contributed by atoms with Crippen molar-refractivity contribution in [1.29, 1.82) is 0 Å². The lowest BCUT2D eigenvalue weighted by atomic mass is 10.0. The Morgan fingerprint density at radius 1 is 1.21 bits per heavy atom. The summed E-state index contributed by atoms with van der Waals surface area (Å²) in [7, 11) is 0. The Bertz CT molecular complexity index is 495. The van der Waals surface area contributed by atoms with Gasteiger partial charge in [-0.05, 0) is 37.1 Å². The average Bonchev–Trinajstić information content (AvgIpc) is 3.11. The molecule has 3 heteroatoms. The Morgan fingerprint density at radius 3 is 2.74 bits per heavy atom. The molecule has 2 aromatic rings. The number of aliphatic hydroxyl groups is 1. The maximum absolute atomic E-state index is 9.78. The summed E-state index contributed by atoms with van der Waals surface area (Å²) < 4.78 is 5.55. The summed E-state index contributed by atoms with van der Waals surface area (Å²) in [6.45, 7) is 1.15. The maximum atomic E-state index is 9.78. The number of hydrogen-bond donors (Lipinski definition) is 1. The SMILES string of the molecule is OC[C@@H](c1ccccc1)N1CCC[C@H]1c1ccco1. The smallest absolute Gasteiger partial charge is 0.120 e. The lowest BCUT2D eigenvalue weighted by Gasteiger charge is -2.31. The fourth-order valence-corrected chi connectivity index (χ4v) is 3.03. The third kappa shape index (κ3) is 2.44. The summed E-state index contributed by atoms with van der Waals surface area (Å²) in [6.07, 6.45) is 3.97. The van der Waals surface area contributed by atoms with Crippen LogP contribution in [0.4, 0.5) is 0 Å². The standard InChI is InChI=1S/C16H19NO2/c18-12-15(13-6-2-1-3-7-13)17-10-4-8-14(17)16-9-5-11-19-16/h1-3,5-7,9,11,14-15,18H,4,8,10,12H2/t14-,15-/m0/s1. The van der Waals surface area contributed by atoms with E-state index in [1.807, 2.05) is 30.3 Å². The molecule has 1 N–H and O–H groups in total. The van der Waals surface area contributed by atoms with Gasteiger partial charge in [-0.2, -0.15) is 0 Å². The summed E-state index contributed by atoms with van der Waals surface area (Å²) in [6, 6.07) is 14.5. The highest BCUT2D eigenvalue weighted by Gasteiger charge is 2.33. The minimum absolute atomic E-state index is 0.0544. The molecule has 0 saturated carbocycles. The van der Waals surface area contributed by atoms with Crippen LogP contribution in [0.25, 0.3) is 0 Å². The third-order valence-electron chi connectivity index (χ3n) is 3.92. The van der Waals surface area contributed by atoms with Crippen LogP contribution in [0.3, 0.4) is 0 Å². The molecule has 1 aliphatic heterocycles. The van der Waals surface area contributed by atoms with Gasteiger partial charge in [0.2, 0.25) is 0 Å². The first-order valence-corrected chi connectivity index (χ1v) is 6.85. The van der Waals surface area contributed by atoms with E-state index in [1.165, 1.54) is 5.56 Å². The first-order chi connectivity index (χ1) is 9.40. The predicted molar refractivity (Wildman–Crippen MR) is 73.7 cm³/mol. The van der Waals surface area contributed by atoms with Gasteiger partial charge in [0.25, 0.3) is 0 Å². The molecular formula is C16H19NO2. The van der Waals surface area contributed by atoms with Crippen molar-refractivity contribution in [2.45, 2.75) is 24.9 Å². The molecule has 100 valence electrons. The summed E-state index contributed by atoms with van der Waals surface area (Å²) in [4.78, 5) is 2.36. The van der Waals surface area contributed by atoms with Crippen LogP contribution in [0.1, 0.15) is 36.2 Å². The van der Waals surface area contributed by atoms with Crippen molar-refractivity contribution < 1.29 is 9.52 Å². The Morgan fingerprint density at radius 2 is 2.05 bits per heavy atom. The minimum atomic E-state index is 0.0544. The number of furan rings is 1. The van der Waals surface area contributed by atoms with Gasteiger partial charge in [-0.25, -0.2) is 0 Å². The lowest BCUT2D eigenvalue weighted by Crippen LogP contribution is -2.30. The van der Waals surface area contributed by atoms with E-state index in [1.54, 1.807) is 6.26 Å². The van der Waals surface area contributed by atoms with Crippen LogP contribution < -0.4 is 0 Å². The molecule has 0 unspecified atom stereocenters. The molecule has 19 heavy (non-hydrogen) atoms. The highest BCUT2D eigenvalue weighted by molar-refractivity contribution is 5.20. The van der Waals surface area contributed by atoms with Crippen LogP contribution in [0.2, 0.25) is 0 Å². The van der Waals surface area contributed by atoms with E-state index >= 15 is 0 Å². The summed E-state index contributed by atoms with van der Waals surface area (Å²) in [5.41, 5.74) is 1.17. The van der Waals surface area contributed by atoms with Crippen molar-refractivity contribution in [2.24, 2.45) is 0 Å². The Hall–Kier alpha value is -1.58. The second-order valence-electron chi connectivity index (χ2n) is 5.02. The van der Waals surface area contributed by atoms with Gasteiger partial charge in [-0.1, -0.05) is 30.3 Å². The van der Waals surface area contributed by atoms with E-state index in [0.29, 0.717) is 0 Å². The number of nitrogens with zero attached hydrogens (tertiary/aromatic N) is 1. The van der Waals surface area contributed by atoms with Crippen LogP contribution in [-0.2, 0) is 0 Å². The molecule has 1 saturated heterocycles. The number of rotatable bonds is 4. The monoisotopic (exact) mass is 257 g/mol. The predicted octanol–water partition coefficient (Wildman–Crippen LogP) is 3.15. The minimum Gasteiger partial charge on any atom is -0.468 e. The van der Waals surface area contributed by atoms with Crippen molar-refractivity contribution in [3.8, 4) is 0 Å². The van der Waals surface area contributed by atoms with E-state index in [-0.39, 0.29) is 18.7 Å². The topological polar surface area (TPSA) is 36.6 Å². The average molecular weight is 257 g/mol. The third-order valence-corrected chi connectivity index (χ3v) is 3.92. The Kier molecular flexibility index (Phi) is 3.67. The zero-order valence-corrected chi connectivity index (χ0v) is 10.9. The molecule has 2 atom stereocenters. The molecule has 0 radical (unpaired) electrons. The first-order valence-electron chi connectivity index (χ1n) is 6.85. The number of aliphatic hydroxyl groups excluding tert-OH is 1. The van der Waals surface area contributed by atoms with Crippen molar-refractivity contribution in [1.82, 2.24) is 4.90 Å². The molecule has 1 fully saturated rings. The fraction of sp³-hybridized carbons (Fsp3) is 0.375. The molecule has 0 aliphatic carbocycles. The van der Waals surface area contributed by atoms with Gasteiger partial charge in [0.15, 0.2) is 0 Å². The van der Waals surface area contributed by atoms with Crippen molar-refractivity contribution in [3.05, 3.63) is 60.1 Å². The number of benzene rings is 1. The van der Waals surface area contributed by atoms with Gasteiger partial charge in [0, 0.05) is 0 Å². The number of hydrogen-bond acceptors (Lipinski definition) is 3. The quantitative estimate of drug-likeness (QED) is 0.914. The van der Waals surface area contributed by atoms with Crippen molar-refractivity contribution in [3.63, 3.8) is 0 Å². The molecule has 0 amide bonds. The summed E-state index contributed by atoms with van der Waals surface area (Å²) >= 11 is 0. The fourth-order valence-electron chi connectivity index (χ4n) is 3.03. The molecule has 1 aromatic carbocycles. The molecule has 1 aliphatic rings. The maximum Gasteiger partial charge on any atom is 0.120 e. The second kappa shape index (κ2) is 5.59. The second-order valence-corrected chi connectivity index (χ2v) is 5.02. The first kappa shape index (κ1) is 12.5. The molecular weight excluding hydrogens is 238 g/mol. The van der Waals surface area contributed by atoms with Crippen molar-refractivity contribution in [2.75, 3.05) is 13.2 Å². The van der Waals surface area contributed by atoms with Crippen LogP contribution in [0.15, 0.2) is 53.1 Å². The molecule has 3 nitrogen and oxygen atoms in total. The zero-order valence-electron chi connectivity index (χ0n) is 10.9. The van der Waals surface area contributed by atoms with E-state index in [0.717, 1.165) is 25.1 Å². The van der Waals surface area contributed by atoms with E-state index < -0.39 is 0 Å². The van der Waals surface area contributed by atoms with Gasteiger partial charge in [-0.3, -0.25) is 4.90 Å². The van der Waals surface area contributed by atoms with E-state index in [2.05, 4.69) is 17.0 Å². The Labute approximate surface area is 113 Å². The molecule has 2 heterocycles. The van der Waals surface area contributed by atoms with Crippen LogP contribution in [0, 0.1) is 0 Å². The highest BCUT2D eigenvalue weighted by Crippen LogP contribution is 2.38. The Balaban J connectivity index is 1.87. The van der Waals surface area contributed by atoms with Gasteiger partial charge in [-0.15, -0.1) is 0 Å². The molecule has 0 bridgehead atoms. The van der Waals surface area contributed by atoms with E-state index in [9.17, 15) is 5.11 Å². The number of likely N-dealkylation sites (tertiary alicyclic amines) is 1. The lowest BCUT2D eigenvalue weighted by molar-refractivity contribution is 0.103. The van der Waals surface area contributed by atoms with Gasteiger partial charge >= 0.3 is 0 Å². The van der Waals surface area contributed by atoms with Crippen LogP contribution in [0.5, 0.6) is 0 Å². The normalized spacial score (nSPS) is 21.6. The zero-order chi connectivity index (χ0) is 13.1. The summed E-state index contributed by atoms with van der Waals surface area (Å²) in [5, 5.41) is 9.78.